The van der Waals surface area contributed by atoms with E-state index < -0.39 is 42.8 Å². The van der Waals surface area contributed by atoms with E-state index in [4.69, 9.17) is 10.2 Å². The summed E-state index contributed by atoms with van der Waals surface area (Å²) in [7, 11) is 0. The number of carbonyl (C=O) groups is 1. The number of halogens is 3. The van der Waals surface area contributed by atoms with E-state index in [0.717, 1.165) is 0 Å². The second-order valence-corrected chi connectivity index (χ2v) is 4.84. The van der Waals surface area contributed by atoms with Crippen molar-refractivity contribution in [1.82, 2.24) is 10.6 Å². The molecule has 1 fully saturated rings. The van der Waals surface area contributed by atoms with Gasteiger partial charge >= 0.3 is 6.18 Å². The van der Waals surface area contributed by atoms with Crippen LogP contribution in [0.5, 0.6) is 0 Å². The van der Waals surface area contributed by atoms with Crippen LogP contribution in [0, 0.1) is 5.41 Å². The van der Waals surface area contributed by atoms with Crippen LogP contribution in [0.2, 0.25) is 0 Å². The third kappa shape index (κ3) is 2.60. The van der Waals surface area contributed by atoms with Crippen LogP contribution in [0.25, 0.3) is 0 Å². The molecule has 0 bridgehead atoms. The van der Waals surface area contributed by atoms with Crippen LogP contribution in [0.1, 0.15) is 13.3 Å². The molecule has 1 atom stereocenters. The summed E-state index contributed by atoms with van der Waals surface area (Å²) in [6.07, 6.45) is -5.03. The highest BCUT2D eigenvalue weighted by Crippen LogP contribution is 2.43. The van der Waals surface area contributed by atoms with Crippen molar-refractivity contribution in [3.63, 3.8) is 0 Å². The van der Waals surface area contributed by atoms with Gasteiger partial charge < -0.3 is 20.8 Å². The van der Waals surface area contributed by atoms with Crippen molar-refractivity contribution in [3.05, 3.63) is 0 Å². The highest BCUT2D eigenvalue weighted by atomic mass is 19.4. The Hall–Kier alpha value is -0.860. The predicted molar refractivity (Wildman–Crippen MR) is 56.7 cm³/mol. The summed E-state index contributed by atoms with van der Waals surface area (Å²) in [6, 6.07) is 0. The van der Waals surface area contributed by atoms with Crippen LogP contribution in [0.4, 0.5) is 13.2 Å². The molecule has 0 spiro atoms. The van der Waals surface area contributed by atoms with E-state index in [2.05, 4.69) is 10.6 Å². The molecular weight excluding hydrogens is 253 g/mol. The van der Waals surface area contributed by atoms with Crippen molar-refractivity contribution in [2.75, 3.05) is 26.3 Å². The molecule has 0 aromatic heterocycles. The van der Waals surface area contributed by atoms with E-state index in [-0.39, 0.29) is 13.0 Å². The molecule has 1 saturated heterocycles. The quantitative estimate of drug-likeness (QED) is 0.549. The molecule has 1 aliphatic rings. The maximum Gasteiger partial charge on any atom is 0.404 e. The minimum Gasteiger partial charge on any atom is -0.394 e. The van der Waals surface area contributed by atoms with Gasteiger partial charge in [0.05, 0.1) is 18.8 Å². The Balaban J connectivity index is 2.92. The lowest BCUT2D eigenvalue weighted by molar-refractivity contribution is -0.217. The van der Waals surface area contributed by atoms with Crippen molar-refractivity contribution >= 4 is 5.91 Å². The van der Waals surface area contributed by atoms with Crippen LogP contribution in [0.15, 0.2) is 0 Å². The minimum absolute atomic E-state index is 0.0991. The number of nitrogens with one attached hydrogen (secondary N) is 2. The average Bonchev–Trinajstić information content (AvgIpc) is 2.78. The Morgan fingerprint density at radius 2 is 1.94 bits per heavy atom. The second kappa shape index (κ2) is 5.02. The smallest absolute Gasteiger partial charge is 0.394 e. The first-order chi connectivity index (χ1) is 8.21. The van der Waals surface area contributed by atoms with Gasteiger partial charge in [0, 0.05) is 6.54 Å². The largest absolute Gasteiger partial charge is 0.404 e. The van der Waals surface area contributed by atoms with Crippen molar-refractivity contribution in [2.24, 2.45) is 5.41 Å². The van der Waals surface area contributed by atoms with Crippen molar-refractivity contribution in [3.8, 4) is 0 Å². The van der Waals surface area contributed by atoms with Gasteiger partial charge in [-0.05, 0) is 19.9 Å². The molecule has 0 aromatic carbocycles. The Kier molecular flexibility index (Phi) is 4.24. The van der Waals surface area contributed by atoms with Gasteiger partial charge in [-0.25, -0.2) is 0 Å². The zero-order valence-corrected chi connectivity index (χ0v) is 9.97. The first-order valence-corrected chi connectivity index (χ1v) is 5.52. The van der Waals surface area contributed by atoms with E-state index in [1.165, 1.54) is 6.92 Å². The van der Waals surface area contributed by atoms with E-state index in [1.54, 1.807) is 0 Å². The topological polar surface area (TPSA) is 81.6 Å². The fourth-order valence-corrected chi connectivity index (χ4v) is 1.78. The number of amides is 1. The van der Waals surface area contributed by atoms with Crippen LogP contribution >= 0.6 is 0 Å². The summed E-state index contributed by atoms with van der Waals surface area (Å²) in [5.41, 5.74) is -3.95. The molecule has 5 nitrogen and oxygen atoms in total. The number of hydrogen-bond donors (Lipinski definition) is 4. The summed E-state index contributed by atoms with van der Waals surface area (Å²) >= 11 is 0. The van der Waals surface area contributed by atoms with Gasteiger partial charge in [-0.15, -0.1) is 0 Å². The number of aliphatic hydroxyl groups excluding tert-OH is 2. The Labute approximate surface area is 102 Å². The second-order valence-electron chi connectivity index (χ2n) is 4.84. The van der Waals surface area contributed by atoms with Gasteiger partial charge in [-0.1, -0.05) is 0 Å². The zero-order valence-electron chi connectivity index (χ0n) is 9.97. The molecule has 1 aliphatic heterocycles. The molecule has 0 aliphatic carbocycles. The molecule has 4 N–H and O–H groups in total. The number of alkyl halides is 3. The van der Waals surface area contributed by atoms with E-state index in [1.807, 2.05) is 0 Å². The first-order valence-electron chi connectivity index (χ1n) is 5.52. The first kappa shape index (κ1) is 15.2. The Morgan fingerprint density at radius 1 is 1.39 bits per heavy atom. The Bertz CT molecular complexity index is 310. The van der Waals surface area contributed by atoms with Gasteiger partial charge in [-0.3, -0.25) is 4.79 Å². The SMILES string of the molecule is CC(CO)(CO)NC(=O)C1(C(F)(F)F)CCNC1. The maximum atomic E-state index is 13.0. The molecule has 0 aromatic rings. The summed E-state index contributed by atoms with van der Waals surface area (Å²) in [4.78, 5) is 11.9. The molecule has 1 amide bonds. The summed E-state index contributed by atoms with van der Waals surface area (Å²) in [5.74, 6) is -1.22. The van der Waals surface area contributed by atoms with Gasteiger partial charge in [0.25, 0.3) is 0 Å². The number of rotatable bonds is 4. The number of aliphatic hydroxyl groups is 2. The molecular formula is C10H17F3N2O3. The number of carbonyl (C=O) groups excluding carboxylic acids is 1. The fraction of sp³-hybridized carbons (Fsp3) is 0.900. The van der Waals surface area contributed by atoms with Crippen molar-refractivity contribution in [1.29, 1.82) is 0 Å². The molecule has 1 unspecified atom stereocenters. The molecule has 0 saturated carbocycles. The monoisotopic (exact) mass is 270 g/mol. The van der Waals surface area contributed by atoms with Gasteiger partial charge in [0.1, 0.15) is 0 Å². The molecule has 18 heavy (non-hydrogen) atoms. The summed E-state index contributed by atoms with van der Waals surface area (Å²) in [5, 5.41) is 22.6. The summed E-state index contributed by atoms with van der Waals surface area (Å²) < 4.78 is 39.1. The zero-order chi connectivity index (χ0) is 14.0. The highest BCUT2D eigenvalue weighted by molar-refractivity contribution is 5.85. The average molecular weight is 270 g/mol. The van der Waals surface area contributed by atoms with Crippen molar-refractivity contribution < 1.29 is 28.2 Å². The molecule has 106 valence electrons. The molecule has 0 radical (unpaired) electrons. The van der Waals surface area contributed by atoms with Gasteiger partial charge in [0.2, 0.25) is 5.91 Å². The van der Waals surface area contributed by atoms with Gasteiger partial charge in [0.15, 0.2) is 5.41 Å². The standard InChI is InChI=1S/C10H17F3N2O3/c1-8(5-16,6-17)15-7(18)9(10(11,12)13)2-3-14-4-9/h14,16-17H,2-6H2,1H3,(H,15,18). The predicted octanol–water partition coefficient (Wildman–Crippen LogP) is -0.612. The normalized spacial score (nSPS) is 25.2. The third-order valence-corrected chi connectivity index (χ3v) is 3.25. The lowest BCUT2D eigenvalue weighted by atomic mass is 9.84. The van der Waals surface area contributed by atoms with E-state index in [9.17, 15) is 18.0 Å². The lowest BCUT2D eigenvalue weighted by Gasteiger charge is -2.34. The van der Waals surface area contributed by atoms with Crippen LogP contribution in [0.3, 0.4) is 0 Å². The van der Waals surface area contributed by atoms with E-state index >= 15 is 0 Å². The summed E-state index contributed by atoms with van der Waals surface area (Å²) in [6.45, 7) is -0.401. The van der Waals surface area contributed by atoms with Crippen LogP contribution < -0.4 is 10.6 Å². The van der Waals surface area contributed by atoms with Gasteiger partial charge in [-0.2, -0.15) is 13.2 Å². The molecule has 1 rings (SSSR count). The van der Waals surface area contributed by atoms with E-state index in [0.29, 0.717) is 0 Å². The molecule has 8 heteroatoms. The van der Waals surface area contributed by atoms with Crippen LogP contribution in [-0.4, -0.2) is 54.1 Å². The minimum atomic E-state index is -4.67. The fourth-order valence-electron chi connectivity index (χ4n) is 1.78. The highest BCUT2D eigenvalue weighted by Gasteiger charge is 2.61. The van der Waals surface area contributed by atoms with Crippen LogP contribution in [-0.2, 0) is 4.79 Å². The number of hydrogen-bond acceptors (Lipinski definition) is 4. The van der Waals surface area contributed by atoms with Crippen molar-refractivity contribution in [2.45, 2.75) is 25.1 Å². The lowest BCUT2D eigenvalue weighted by Crippen LogP contribution is -2.60. The third-order valence-electron chi connectivity index (χ3n) is 3.25. The Morgan fingerprint density at radius 3 is 2.28 bits per heavy atom. The maximum absolute atomic E-state index is 13.0. The molecule has 1 heterocycles.